The molecule has 0 bridgehead atoms. The molecule has 2 rings (SSSR count). The number of aryl methyl sites for hydroxylation is 1. The van der Waals surface area contributed by atoms with Crippen LogP contribution in [0.2, 0.25) is 0 Å². The third kappa shape index (κ3) is 2.80. The van der Waals surface area contributed by atoms with E-state index in [1.165, 1.54) is 24.8 Å². The van der Waals surface area contributed by atoms with E-state index in [1.54, 1.807) is 10.4 Å². The van der Waals surface area contributed by atoms with E-state index in [1.807, 2.05) is 11.3 Å². The first-order valence-corrected chi connectivity index (χ1v) is 7.54. The van der Waals surface area contributed by atoms with Gasteiger partial charge < -0.3 is 5.32 Å². The van der Waals surface area contributed by atoms with Gasteiger partial charge in [-0.1, -0.05) is 19.1 Å². The minimum absolute atomic E-state index is 0.566. The van der Waals surface area contributed by atoms with Crippen LogP contribution in [0.15, 0.2) is 23.6 Å². The number of likely N-dealkylation sites (N-methyl/N-ethyl adjacent to an activating group) is 1. The zero-order chi connectivity index (χ0) is 12.3. The van der Waals surface area contributed by atoms with Gasteiger partial charge in [-0.05, 0) is 56.2 Å². The highest BCUT2D eigenvalue weighted by Gasteiger charge is 2.27. The van der Waals surface area contributed by atoms with Gasteiger partial charge in [-0.3, -0.25) is 0 Å². The standard InChI is InChI=1S/C15H23NS/c1-4-11(2)10-14(16-3)12-6-5-7-15-13(12)8-9-17-15/h8-9,12,14,16H,2,4-7,10H2,1,3H3. The van der Waals surface area contributed by atoms with Crippen molar-refractivity contribution in [1.82, 2.24) is 5.32 Å². The number of hydrogen-bond donors (Lipinski definition) is 1. The molecular formula is C15H23NS. The van der Waals surface area contributed by atoms with Crippen LogP contribution in [-0.4, -0.2) is 13.1 Å². The van der Waals surface area contributed by atoms with Gasteiger partial charge in [0.25, 0.3) is 0 Å². The van der Waals surface area contributed by atoms with Gasteiger partial charge in [0.05, 0.1) is 0 Å². The third-order valence-electron chi connectivity index (χ3n) is 3.96. The smallest absolute Gasteiger partial charge is 0.0170 e. The third-order valence-corrected chi connectivity index (χ3v) is 4.96. The Morgan fingerprint density at radius 3 is 3.18 bits per heavy atom. The molecule has 0 amide bonds. The molecule has 17 heavy (non-hydrogen) atoms. The van der Waals surface area contributed by atoms with Crippen molar-refractivity contribution >= 4 is 11.3 Å². The van der Waals surface area contributed by atoms with Crippen LogP contribution in [-0.2, 0) is 6.42 Å². The molecule has 1 aromatic rings. The van der Waals surface area contributed by atoms with Crippen LogP contribution in [0.25, 0.3) is 0 Å². The Kier molecular flexibility index (Phi) is 4.41. The Hall–Kier alpha value is -0.600. The average molecular weight is 249 g/mol. The van der Waals surface area contributed by atoms with Gasteiger partial charge in [0.1, 0.15) is 0 Å². The molecule has 0 saturated carbocycles. The quantitative estimate of drug-likeness (QED) is 0.774. The summed E-state index contributed by atoms with van der Waals surface area (Å²) in [4.78, 5) is 1.61. The fraction of sp³-hybridized carbons (Fsp3) is 0.600. The highest BCUT2D eigenvalue weighted by Crippen LogP contribution is 2.38. The summed E-state index contributed by atoms with van der Waals surface area (Å²) in [5.74, 6) is 0.693. The van der Waals surface area contributed by atoms with Crippen LogP contribution in [0.1, 0.15) is 49.0 Å². The predicted octanol–water partition coefficient (Wildman–Crippen LogP) is 4.11. The zero-order valence-electron chi connectivity index (χ0n) is 11.0. The summed E-state index contributed by atoms with van der Waals surface area (Å²) in [6.07, 6.45) is 6.17. The van der Waals surface area contributed by atoms with Crippen molar-refractivity contribution in [3.05, 3.63) is 34.0 Å². The molecule has 1 heterocycles. The molecule has 0 radical (unpaired) electrons. The lowest BCUT2D eigenvalue weighted by Gasteiger charge is -2.31. The molecule has 2 atom stereocenters. The minimum Gasteiger partial charge on any atom is -0.316 e. The Morgan fingerprint density at radius 1 is 1.65 bits per heavy atom. The Morgan fingerprint density at radius 2 is 2.47 bits per heavy atom. The molecule has 0 saturated heterocycles. The molecular weight excluding hydrogens is 226 g/mol. The second-order valence-electron chi connectivity index (χ2n) is 5.00. The maximum atomic E-state index is 4.16. The van der Waals surface area contributed by atoms with Crippen LogP contribution in [0.5, 0.6) is 0 Å². The van der Waals surface area contributed by atoms with Crippen molar-refractivity contribution in [2.75, 3.05) is 7.05 Å². The molecule has 1 aromatic heterocycles. The first-order valence-electron chi connectivity index (χ1n) is 6.66. The molecule has 2 heteroatoms. The Balaban J connectivity index is 2.14. The molecule has 0 spiro atoms. The second-order valence-corrected chi connectivity index (χ2v) is 6.00. The largest absolute Gasteiger partial charge is 0.316 e. The number of thiophene rings is 1. The van der Waals surface area contributed by atoms with E-state index in [0.29, 0.717) is 12.0 Å². The predicted molar refractivity (Wildman–Crippen MR) is 76.9 cm³/mol. The monoisotopic (exact) mass is 249 g/mol. The number of fused-ring (bicyclic) bond motifs is 1. The van der Waals surface area contributed by atoms with Crippen molar-refractivity contribution in [1.29, 1.82) is 0 Å². The zero-order valence-corrected chi connectivity index (χ0v) is 11.8. The number of hydrogen-bond acceptors (Lipinski definition) is 2. The van der Waals surface area contributed by atoms with Crippen LogP contribution >= 0.6 is 11.3 Å². The molecule has 0 aliphatic heterocycles. The second kappa shape index (κ2) is 5.83. The van der Waals surface area contributed by atoms with Gasteiger partial charge in [-0.2, -0.15) is 0 Å². The van der Waals surface area contributed by atoms with Crippen molar-refractivity contribution in [2.24, 2.45) is 0 Å². The highest BCUT2D eigenvalue weighted by molar-refractivity contribution is 7.10. The summed E-state index contributed by atoms with van der Waals surface area (Å²) in [5.41, 5.74) is 2.97. The van der Waals surface area contributed by atoms with Crippen molar-refractivity contribution in [3.63, 3.8) is 0 Å². The maximum absolute atomic E-state index is 4.16. The summed E-state index contributed by atoms with van der Waals surface area (Å²) in [5, 5.41) is 5.77. The van der Waals surface area contributed by atoms with E-state index in [-0.39, 0.29) is 0 Å². The summed E-state index contributed by atoms with van der Waals surface area (Å²) >= 11 is 1.93. The maximum Gasteiger partial charge on any atom is 0.0170 e. The molecule has 0 aromatic carbocycles. The molecule has 0 fully saturated rings. The van der Waals surface area contributed by atoms with Gasteiger partial charge in [0.2, 0.25) is 0 Å². The summed E-state index contributed by atoms with van der Waals surface area (Å²) in [7, 11) is 2.09. The first-order chi connectivity index (χ1) is 8.26. The molecule has 1 nitrogen and oxygen atoms in total. The fourth-order valence-electron chi connectivity index (χ4n) is 2.84. The van der Waals surface area contributed by atoms with Crippen molar-refractivity contribution < 1.29 is 0 Å². The summed E-state index contributed by atoms with van der Waals surface area (Å²) < 4.78 is 0. The van der Waals surface area contributed by atoms with E-state index >= 15 is 0 Å². The van der Waals surface area contributed by atoms with Gasteiger partial charge in [0, 0.05) is 16.8 Å². The van der Waals surface area contributed by atoms with Crippen LogP contribution in [0, 0.1) is 0 Å². The Labute approximate surface area is 109 Å². The normalized spacial score (nSPS) is 20.9. The van der Waals surface area contributed by atoms with E-state index in [4.69, 9.17) is 0 Å². The number of rotatable bonds is 5. The van der Waals surface area contributed by atoms with Gasteiger partial charge in [-0.25, -0.2) is 0 Å². The van der Waals surface area contributed by atoms with Gasteiger partial charge >= 0.3 is 0 Å². The minimum atomic E-state index is 0.566. The summed E-state index contributed by atoms with van der Waals surface area (Å²) in [6, 6.07) is 2.90. The lowest BCUT2D eigenvalue weighted by Crippen LogP contribution is -2.34. The summed E-state index contributed by atoms with van der Waals surface area (Å²) in [6.45, 7) is 6.36. The van der Waals surface area contributed by atoms with E-state index in [2.05, 4.69) is 37.3 Å². The first kappa shape index (κ1) is 12.8. The fourth-order valence-corrected chi connectivity index (χ4v) is 3.84. The van der Waals surface area contributed by atoms with Gasteiger partial charge in [0.15, 0.2) is 0 Å². The Bertz CT molecular complexity index is 380. The molecule has 1 aliphatic carbocycles. The SMILES string of the molecule is C=C(CC)CC(NC)C1CCCc2sccc21. The van der Waals surface area contributed by atoms with Crippen LogP contribution in [0.3, 0.4) is 0 Å². The lowest BCUT2D eigenvalue weighted by molar-refractivity contribution is 0.411. The van der Waals surface area contributed by atoms with Crippen molar-refractivity contribution in [2.45, 2.75) is 51.0 Å². The van der Waals surface area contributed by atoms with E-state index in [0.717, 1.165) is 12.8 Å². The number of nitrogens with one attached hydrogen (secondary N) is 1. The van der Waals surface area contributed by atoms with Gasteiger partial charge in [-0.15, -0.1) is 11.3 Å². The lowest BCUT2D eigenvalue weighted by atomic mass is 9.80. The molecule has 1 aliphatic rings. The topological polar surface area (TPSA) is 12.0 Å². The van der Waals surface area contributed by atoms with Crippen LogP contribution < -0.4 is 5.32 Å². The molecule has 1 N–H and O–H groups in total. The highest BCUT2D eigenvalue weighted by atomic mass is 32.1. The molecule has 94 valence electrons. The molecule has 2 unspecified atom stereocenters. The van der Waals surface area contributed by atoms with E-state index in [9.17, 15) is 0 Å². The van der Waals surface area contributed by atoms with Crippen LogP contribution in [0.4, 0.5) is 0 Å². The average Bonchev–Trinajstić information content (AvgIpc) is 2.83. The van der Waals surface area contributed by atoms with E-state index < -0.39 is 0 Å². The van der Waals surface area contributed by atoms with Crippen molar-refractivity contribution in [3.8, 4) is 0 Å².